The summed E-state index contributed by atoms with van der Waals surface area (Å²) in [5.41, 5.74) is 2.35. The predicted octanol–water partition coefficient (Wildman–Crippen LogP) is 4.03. The molecule has 1 aliphatic heterocycles. The molecule has 0 radical (unpaired) electrons. The molecule has 0 amide bonds. The summed E-state index contributed by atoms with van der Waals surface area (Å²) in [6.07, 6.45) is 4.13. The van der Waals surface area contributed by atoms with Gasteiger partial charge in [-0.2, -0.15) is 4.31 Å². The first-order valence-corrected chi connectivity index (χ1v) is 10.1. The SMILES string of the molecule is Cc1cccc(S(=O)(=O)N2CCC(CCc3ccccc3)CC2)c1. The minimum atomic E-state index is -3.34. The summed E-state index contributed by atoms with van der Waals surface area (Å²) in [5, 5.41) is 0. The Bertz CT molecular complexity index is 763. The molecule has 24 heavy (non-hydrogen) atoms. The summed E-state index contributed by atoms with van der Waals surface area (Å²) < 4.78 is 27.2. The van der Waals surface area contributed by atoms with E-state index in [2.05, 4.69) is 24.3 Å². The molecule has 1 aliphatic rings. The third kappa shape index (κ3) is 4.05. The van der Waals surface area contributed by atoms with Crippen molar-refractivity contribution in [2.75, 3.05) is 13.1 Å². The molecule has 1 heterocycles. The Morgan fingerprint density at radius 2 is 1.71 bits per heavy atom. The molecule has 2 aromatic carbocycles. The number of hydrogen-bond acceptors (Lipinski definition) is 2. The molecule has 0 spiro atoms. The fraction of sp³-hybridized carbons (Fsp3) is 0.400. The molecule has 1 fully saturated rings. The lowest BCUT2D eigenvalue weighted by molar-refractivity contribution is 0.263. The van der Waals surface area contributed by atoms with E-state index in [4.69, 9.17) is 0 Å². The zero-order valence-electron chi connectivity index (χ0n) is 14.2. The molecule has 1 saturated heterocycles. The molecular weight excluding hydrogens is 318 g/mol. The van der Waals surface area contributed by atoms with Crippen molar-refractivity contribution >= 4 is 10.0 Å². The van der Waals surface area contributed by atoms with Crippen molar-refractivity contribution < 1.29 is 8.42 Å². The van der Waals surface area contributed by atoms with Crippen LogP contribution in [0, 0.1) is 12.8 Å². The van der Waals surface area contributed by atoms with Gasteiger partial charge in [-0.25, -0.2) is 8.42 Å². The van der Waals surface area contributed by atoms with Crippen LogP contribution in [0.3, 0.4) is 0 Å². The van der Waals surface area contributed by atoms with E-state index in [1.165, 1.54) is 5.56 Å². The van der Waals surface area contributed by atoms with Gasteiger partial charge >= 0.3 is 0 Å². The molecule has 2 aromatic rings. The molecule has 3 nitrogen and oxygen atoms in total. The number of rotatable bonds is 5. The Labute approximate surface area is 145 Å². The number of aryl methyl sites for hydroxylation is 2. The van der Waals surface area contributed by atoms with Crippen molar-refractivity contribution in [3.8, 4) is 0 Å². The molecule has 0 N–H and O–H groups in total. The lowest BCUT2D eigenvalue weighted by atomic mass is 9.91. The summed E-state index contributed by atoms with van der Waals surface area (Å²) in [6.45, 7) is 3.19. The fourth-order valence-corrected chi connectivity index (χ4v) is 4.95. The van der Waals surface area contributed by atoms with Crippen LogP contribution in [0.4, 0.5) is 0 Å². The minimum absolute atomic E-state index is 0.422. The lowest BCUT2D eigenvalue weighted by Crippen LogP contribution is -2.38. The normalized spacial score (nSPS) is 17.0. The van der Waals surface area contributed by atoms with Gasteiger partial charge in [-0.3, -0.25) is 0 Å². The van der Waals surface area contributed by atoms with Crippen LogP contribution < -0.4 is 0 Å². The maximum Gasteiger partial charge on any atom is 0.243 e. The van der Waals surface area contributed by atoms with Crippen molar-refractivity contribution in [1.82, 2.24) is 4.31 Å². The van der Waals surface area contributed by atoms with Gasteiger partial charge in [0, 0.05) is 13.1 Å². The highest BCUT2D eigenvalue weighted by Crippen LogP contribution is 2.27. The second-order valence-corrected chi connectivity index (χ2v) is 8.63. The third-order valence-electron chi connectivity index (χ3n) is 4.88. The van der Waals surface area contributed by atoms with Crippen LogP contribution in [0.5, 0.6) is 0 Å². The Hall–Kier alpha value is -1.65. The smallest absolute Gasteiger partial charge is 0.207 e. The Morgan fingerprint density at radius 3 is 2.38 bits per heavy atom. The van der Waals surface area contributed by atoms with Crippen LogP contribution in [-0.2, 0) is 16.4 Å². The van der Waals surface area contributed by atoms with Gasteiger partial charge < -0.3 is 0 Å². The van der Waals surface area contributed by atoms with Crippen LogP contribution in [0.15, 0.2) is 59.5 Å². The van der Waals surface area contributed by atoms with Gasteiger partial charge in [-0.15, -0.1) is 0 Å². The van der Waals surface area contributed by atoms with Gasteiger partial charge in [0.25, 0.3) is 0 Å². The molecule has 0 atom stereocenters. The van der Waals surface area contributed by atoms with E-state index in [9.17, 15) is 8.42 Å². The number of hydrogen-bond donors (Lipinski definition) is 0. The topological polar surface area (TPSA) is 37.4 Å². The van der Waals surface area contributed by atoms with Crippen molar-refractivity contribution in [1.29, 1.82) is 0 Å². The molecular formula is C20H25NO2S. The summed E-state index contributed by atoms with van der Waals surface area (Å²) in [4.78, 5) is 0.422. The average molecular weight is 343 g/mol. The zero-order chi connectivity index (χ0) is 17.0. The van der Waals surface area contributed by atoms with E-state index in [1.54, 1.807) is 16.4 Å². The van der Waals surface area contributed by atoms with Gasteiger partial charge in [0.2, 0.25) is 10.0 Å². The van der Waals surface area contributed by atoms with Crippen molar-refractivity contribution in [2.45, 2.75) is 37.5 Å². The molecule has 0 bridgehead atoms. The van der Waals surface area contributed by atoms with E-state index in [0.29, 0.717) is 23.9 Å². The summed E-state index contributed by atoms with van der Waals surface area (Å²) in [5.74, 6) is 0.620. The van der Waals surface area contributed by atoms with E-state index < -0.39 is 10.0 Å². The quantitative estimate of drug-likeness (QED) is 0.822. The van der Waals surface area contributed by atoms with Gasteiger partial charge in [0.05, 0.1) is 4.90 Å². The molecule has 128 valence electrons. The van der Waals surface area contributed by atoms with E-state index in [-0.39, 0.29) is 0 Å². The van der Waals surface area contributed by atoms with Gasteiger partial charge in [0.1, 0.15) is 0 Å². The highest BCUT2D eigenvalue weighted by Gasteiger charge is 2.29. The molecule has 4 heteroatoms. The Kier molecular flexibility index (Phi) is 5.36. The van der Waals surface area contributed by atoms with Crippen LogP contribution >= 0.6 is 0 Å². The predicted molar refractivity (Wildman–Crippen MR) is 97.4 cm³/mol. The maximum absolute atomic E-state index is 12.8. The van der Waals surface area contributed by atoms with E-state index >= 15 is 0 Å². The Balaban J connectivity index is 1.56. The number of piperidine rings is 1. The molecule has 0 saturated carbocycles. The second kappa shape index (κ2) is 7.49. The highest BCUT2D eigenvalue weighted by molar-refractivity contribution is 7.89. The molecule has 0 aromatic heterocycles. The summed E-state index contributed by atoms with van der Waals surface area (Å²) in [7, 11) is -3.34. The van der Waals surface area contributed by atoms with Crippen LogP contribution in [0.1, 0.15) is 30.4 Å². The number of benzene rings is 2. The first-order valence-electron chi connectivity index (χ1n) is 8.66. The van der Waals surface area contributed by atoms with Crippen molar-refractivity contribution in [3.63, 3.8) is 0 Å². The average Bonchev–Trinajstić information content (AvgIpc) is 2.61. The number of nitrogens with zero attached hydrogens (tertiary/aromatic N) is 1. The summed E-state index contributed by atoms with van der Waals surface area (Å²) >= 11 is 0. The summed E-state index contributed by atoms with van der Waals surface area (Å²) in [6, 6.07) is 17.7. The third-order valence-corrected chi connectivity index (χ3v) is 6.78. The van der Waals surface area contributed by atoms with Gasteiger partial charge in [-0.05, 0) is 61.8 Å². The lowest BCUT2D eigenvalue weighted by Gasteiger charge is -2.31. The van der Waals surface area contributed by atoms with Crippen molar-refractivity contribution in [3.05, 3.63) is 65.7 Å². The molecule has 3 rings (SSSR count). The largest absolute Gasteiger partial charge is 0.243 e. The van der Waals surface area contributed by atoms with Crippen molar-refractivity contribution in [2.24, 2.45) is 5.92 Å². The first-order chi connectivity index (χ1) is 11.6. The van der Waals surface area contributed by atoms with E-state index in [1.807, 2.05) is 25.1 Å². The zero-order valence-corrected chi connectivity index (χ0v) is 15.0. The fourth-order valence-electron chi connectivity index (χ4n) is 3.38. The van der Waals surface area contributed by atoms with Crippen LogP contribution in [0.25, 0.3) is 0 Å². The van der Waals surface area contributed by atoms with Gasteiger partial charge in [0.15, 0.2) is 0 Å². The van der Waals surface area contributed by atoms with Crippen LogP contribution in [-0.4, -0.2) is 25.8 Å². The minimum Gasteiger partial charge on any atom is -0.207 e. The maximum atomic E-state index is 12.8. The molecule has 0 aliphatic carbocycles. The van der Waals surface area contributed by atoms with Crippen LogP contribution in [0.2, 0.25) is 0 Å². The monoisotopic (exact) mass is 343 g/mol. The van der Waals surface area contributed by atoms with Gasteiger partial charge in [-0.1, -0.05) is 42.5 Å². The molecule has 0 unspecified atom stereocenters. The number of sulfonamides is 1. The standard InChI is InChI=1S/C20H25NO2S/c1-17-6-5-9-20(16-17)24(22,23)21-14-12-19(13-15-21)11-10-18-7-3-2-4-8-18/h2-9,16,19H,10-15H2,1H3. The van der Waals surface area contributed by atoms with E-state index in [0.717, 1.165) is 31.2 Å². The Morgan fingerprint density at radius 1 is 1.00 bits per heavy atom. The highest BCUT2D eigenvalue weighted by atomic mass is 32.2. The first kappa shape index (κ1) is 17.2. The second-order valence-electron chi connectivity index (χ2n) is 6.69.